The highest BCUT2D eigenvalue weighted by Crippen LogP contribution is 2.36. The lowest BCUT2D eigenvalue weighted by atomic mass is 10.2. The first-order chi connectivity index (χ1) is 9.24. The zero-order valence-electron chi connectivity index (χ0n) is 9.88. The highest BCUT2D eigenvalue weighted by atomic mass is 19.1. The Bertz CT molecular complexity index is 743. The van der Waals surface area contributed by atoms with Crippen molar-refractivity contribution in [1.82, 2.24) is 4.98 Å². The van der Waals surface area contributed by atoms with Crippen molar-refractivity contribution in [2.24, 2.45) is 0 Å². The van der Waals surface area contributed by atoms with Crippen LogP contribution in [0.15, 0.2) is 54.7 Å². The van der Waals surface area contributed by atoms with Crippen LogP contribution in [0.25, 0.3) is 10.9 Å². The fourth-order valence-electron chi connectivity index (χ4n) is 1.86. The number of rotatable bonds is 2. The standard InChI is InChI=1S/C15H10FNO2/c16-11-4-1-5-12(9-11)19-15-13(18)7-6-10-3-2-8-17-14(10)15/h1-9,18H. The third-order valence-electron chi connectivity index (χ3n) is 2.72. The summed E-state index contributed by atoms with van der Waals surface area (Å²) in [6.07, 6.45) is 1.61. The molecule has 2 aromatic carbocycles. The van der Waals surface area contributed by atoms with Crippen LogP contribution < -0.4 is 4.74 Å². The van der Waals surface area contributed by atoms with E-state index in [1.54, 1.807) is 30.5 Å². The lowest BCUT2D eigenvalue weighted by Crippen LogP contribution is -1.89. The van der Waals surface area contributed by atoms with Crippen LogP contribution in [0.1, 0.15) is 0 Å². The molecule has 4 heteroatoms. The van der Waals surface area contributed by atoms with Crippen molar-refractivity contribution in [3.8, 4) is 17.2 Å². The SMILES string of the molecule is Oc1ccc2cccnc2c1Oc1cccc(F)c1. The highest BCUT2D eigenvalue weighted by molar-refractivity contribution is 5.87. The molecule has 1 aromatic heterocycles. The van der Waals surface area contributed by atoms with Crippen LogP contribution in [0.3, 0.4) is 0 Å². The monoisotopic (exact) mass is 255 g/mol. The number of aromatic nitrogens is 1. The lowest BCUT2D eigenvalue weighted by Gasteiger charge is -2.10. The topological polar surface area (TPSA) is 42.4 Å². The molecule has 19 heavy (non-hydrogen) atoms. The van der Waals surface area contributed by atoms with E-state index in [0.29, 0.717) is 11.3 Å². The van der Waals surface area contributed by atoms with Crippen LogP contribution in [-0.2, 0) is 0 Å². The molecule has 0 amide bonds. The molecular weight excluding hydrogens is 245 g/mol. The molecule has 1 heterocycles. The van der Waals surface area contributed by atoms with Crippen molar-refractivity contribution in [2.45, 2.75) is 0 Å². The first-order valence-electron chi connectivity index (χ1n) is 5.74. The van der Waals surface area contributed by atoms with Gasteiger partial charge in [0.25, 0.3) is 0 Å². The Balaban J connectivity index is 2.12. The zero-order chi connectivity index (χ0) is 13.2. The third-order valence-corrected chi connectivity index (χ3v) is 2.72. The fourth-order valence-corrected chi connectivity index (χ4v) is 1.86. The molecule has 0 aliphatic rings. The van der Waals surface area contributed by atoms with Crippen LogP contribution in [0.4, 0.5) is 4.39 Å². The van der Waals surface area contributed by atoms with Gasteiger partial charge in [0.15, 0.2) is 11.5 Å². The molecule has 0 radical (unpaired) electrons. The second kappa shape index (κ2) is 4.57. The number of phenols is 1. The van der Waals surface area contributed by atoms with E-state index < -0.39 is 5.82 Å². The average Bonchev–Trinajstić information content (AvgIpc) is 2.42. The van der Waals surface area contributed by atoms with Gasteiger partial charge in [0, 0.05) is 17.6 Å². The summed E-state index contributed by atoms with van der Waals surface area (Å²) in [5.74, 6) is 0.109. The van der Waals surface area contributed by atoms with Gasteiger partial charge in [-0.05, 0) is 30.3 Å². The zero-order valence-corrected chi connectivity index (χ0v) is 9.88. The molecule has 3 nitrogen and oxygen atoms in total. The Morgan fingerprint density at radius 1 is 1.05 bits per heavy atom. The lowest BCUT2D eigenvalue weighted by molar-refractivity contribution is 0.413. The molecular formula is C15H10FNO2. The first kappa shape index (κ1) is 11.5. The maximum Gasteiger partial charge on any atom is 0.195 e. The van der Waals surface area contributed by atoms with E-state index in [1.165, 1.54) is 18.2 Å². The number of nitrogens with zero attached hydrogens (tertiary/aromatic N) is 1. The van der Waals surface area contributed by atoms with Crippen molar-refractivity contribution >= 4 is 10.9 Å². The van der Waals surface area contributed by atoms with Gasteiger partial charge in [-0.1, -0.05) is 12.1 Å². The minimum Gasteiger partial charge on any atom is -0.504 e. The van der Waals surface area contributed by atoms with Crippen molar-refractivity contribution in [3.05, 3.63) is 60.5 Å². The Labute approximate surface area is 108 Å². The van der Waals surface area contributed by atoms with Crippen LogP contribution in [0.2, 0.25) is 0 Å². The van der Waals surface area contributed by atoms with Crippen LogP contribution in [0, 0.1) is 5.82 Å². The van der Waals surface area contributed by atoms with Gasteiger partial charge in [0.2, 0.25) is 0 Å². The molecule has 0 spiro atoms. The summed E-state index contributed by atoms with van der Waals surface area (Å²) in [7, 11) is 0. The van der Waals surface area contributed by atoms with Gasteiger partial charge in [-0.25, -0.2) is 4.39 Å². The van der Waals surface area contributed by atoms with E-state index in [2.05, 4.69) is 4.98 Å². The maximum atomic E-state index is 13.1. The Kier molecular flexibility index (Phi) is 2.76. The molecule has 0 bridgehead atoms. The van der Waals surface area contributed by atoms with Gasteiger partial charge in [-0.3, -0.25) is 4.98 Å². The molecule has 1 N–H and O–H groups in total. The minimum absolute atomic E-state index is 0.0320. The van der Waals surface area contributed by atoms with E-state index in [4.69, 9.17) is 4.74 Å². The maximum absolute atomic E-state index is 13.1. The number of aromatic hydroxyl groups is 1. The van der Waals surface area contributed by atoms with Crippen molar-refractivity contribution < 1.29 is 14.2 Å². The van der Waals surface area contributed by atoms with Gasteiger partial charge in [0.05, 0.1) is 0 Å². The molecule has 0 aliphatic heterocycles. The summed E-state index contributed by atoms with van der Waals surface area (Å²) < 4.78 is 18.7. The summed E-state index contributed by atoms with van der Waals surface area (Å²) in [6.45, 7) is 0. The second-order valence-electron chi connectivity index (χ2n) is 4.05. The first-order valence-corrected chi connectivity index (χ1v) is 5.74. The Morgan fingerprint density at radius 2 is 1.95 bits per heavy atom. The van der Waals surface area contributed by atoms with Crippen molar-refractivity contribution in [3.63, 3.8) is 0 Å². The molecule has 0 saturated heterocycles. The van der Waals surface area contributed by atoms with Gasteiger partial charge in [-0.15, -0.1) is 0 Å². The number of ether oxygens (including phenoxy) is 1. The van der Waals surface area contributed by atoms with E-state index in [1.807, 2.05) is 6.07 Å². The molecule has 0 saturated carbocycles. The average molecular weight is 255 g/mol. The number of phenolic OH excluding ortho intramolecular Hbond substituents is 1. The molecule has 3 rings (SSSR count). The smallest absolute Gasteiger partial charge is 0.195 e. The number of hydrogen-bond acceptors (Lipinski definition) is 3. The Morgan fingerprint density at radius 3 is 2.79 bits per heavy atom. The normalized spacial score (nSPS) is 10.6. The predicted molar refractivity (Wildman–Crippen MR) is 69.9 cm³/mol. The Hall–Kier alpha value is -2.62. The van der Waals surface area contributed by atoms with Gasteiger partial charge < -0.3 is 9.84 Å². The van der Waals surface area contributed by atoms with Crippen LogP contribution >= 0.6 is 0 Å². The second-order valence-corrected chi connectivity index (χ2v) is 4.05. The fraction of sp³-hybridized carbons (Fsp3) is 0. The number of benzene rings is 2. The van der Waals surface area contributed by atoms with Crippen LogP contribution in [-0.4, -0.2) is 10.1 Å². The van der Waals surface area contributed by atoms with Crippen LogP contribution in [0.5, 0.6) is 17.2 Å². The summed E-state index contributed by atoms with van der Waals surface area (Å²) >= 11 is 0. The number of fused-ring (bicyclic) bond motifs is 1. The molecule has 0 fully saturated rings. The minimum atomic E-state index is -0.398. The van der Waals surface area contributed by atoms with Gasteiger partial charge in [0.1, 0.15) is 17.1 Å². The largest absolute Gasteiger partial charge is 0.504 e. The van der Waals surface area contributed by atoms with Gasteiger partial charge in [-0.2, -0.15) is 0 Å². The summed E-state index contributed by atoms with van der Waals surface area (Å²) in [6, 6.07) is 12.7. The van der Waals surface area contributed by atoms with Gasteiger partial charge >= 0.3 is 0 Å². The van der Waals surface area contributed by atoms with E-state index in [-0.39, 0.29) is 11.5 Å². The highest BCUT2D eigenvalue weighted by Gasteiger charge is 2.10. The summed E-state index contributed by atoms with van der Waals surface area (Å²) in [5.41, 5.74) is 0.534. The molecule has 0 aliphatic carbocycles. The molecule has 0 atom stereocenters. The summed E-state index contributed by atoms with van der Waals surface area (Å²) in [4.78, 5) is 4.18. The number of halogens is 1. The van der Waals surface area contributed by atoms with E-state index in [9.17, 15) is 9.50 Å². The van der Waals surface area contributed by atoms with E-state index >= 15 is 0 Å². The summed E-state index contributed by atoms with van der Waals surface area (Å²) in [5, 5.41) is 10.7. The number of hydrogen-bond donors (Lipinski definition) is 1. The predicted octanol–water partition coefficient (Wildman–Crippen LogP) is 3.87. The number of pyridine rings is 1. The van der Waals surface area contributed by atoms with Crippen molar-refractivity contribution in [2.75, 3.05) is 0 Å². The molecule has 3 aromatic rings. The molecule has 0 unspecified atom stereocenters. The third kappa shape index (κ3) is 2.20. The quantitative estimate of drug-likeness (QED) is 0.755. The van der Waals surface area contributed by atoms with Crippen molar-refractivity contribution in [1.29, 1.82) is 0 Å². The molecule has 94 valence electrons. The van der Waals surface area contributed by atoms with E-state index in [0.717, 1.165) is 5.39 Å².